The Kier molecular flexibility index (Phi) is 4.95. The second kappa shape index (κ2) is 7.14. The van der Waals surface area contributed by atoms with E-state index in [0.717, 1.165) is 40.3 Å². The molecule has 6 heteroatoms. The van der Waals surface area contributed by atoms with Gasteiger partial charge >= 0.3 is 0 Å². The minimum atomic E-state index is -0.205. The highest BCUT2D eigenvalue weighted by molar-refractivity contribution is 6.03. The molecule has 2 aliphatic rings. The van der Waals surface area contributed by atoms with Gasteiger partial charge < -0.3 is 14.8 Å². The Morgan fingerprint density at radius 3 is 2.29 bits per heavy atom. The number of Topliss-reactive ketones (excluding diaryl/α,β-unsaturated/α-hetero) is 1. The normalized spacial score (nSPS) is 18.6. The van der Waals surface area contributed by atoms with Crippen LogP contribution in [0.3, 0.4) is 0 Å². The standard InChI is InChI=1S/C25H33N3O3/c1-24(2,3)22-21-19(14-9-12-17(30-7)18(13-14)31-8)20-15(10-11-16(20)29)26-23(21)28(27-22)25(4,5)6/h9,12-13,19,26H,10-11H2,1-8H3. The maximum atomic E-state index is 13.1. The second-order valence-corrected chi connectivity index (χ2v) is 10.4. The number of nitrogens with one attached hydrogen (secondary N) is 1. The molecule has 31 heavy (non-hydrogen) atoms. The molecular formula is C25H33N3O3. The van der Waals surface area contributed by atoms with Crippen LogP contribution in [-0.4, -0.2) is 29.8 Å². The maximum absolute atomic E-state index is 13.1. The molecule has 2 heterocycles. The van der Waals surface area contributed by atoms with Crippen LogP contribution in [0, 0.1) is 0 Å². The van der Waals surface area contributed by atoms with Crippen LogP contribution in [0.2, 0.25) is 0 Å². The summed E-state index contributed by atoms with van der Waals surface area (Å²) in [5.74, 6) is 2.34. The highest BCUT2D eigenvalue weighted by Crippen LogP contribution is 2.51. The summed E-state index contributed by atoms with van der Waals surface area (Å²) in [6.07, 6.45) is 1.27. The molecule has 1 atom stereocenters. The molecule has 1 aliphatic carbocycles. The number of allylic oxidation sites excluding steroid dienone is 2. The van der Waals surface area contributed by atoms with Gasteiger partial charge in [0.15, 0.2) is 17.3 Å². The summed E-state index contributed by atoms with van der Waals surface area (Å²) in [6, 6.07) is 5.95. The Morgan fingerprint density at radius 2 is 1.71 bits per heavy atom. The van der Waals surface area contributed by atoms with Crippen LogP contribution in [0.5, 0.6) is 11.5 Å². The van der Waals surface area contributed by atoms with E-state index in [-0.39, 0.29) is 22.7 Å². The number of carbonyl (C=O) groups is 1. The van der Waals surface area contributed by atoms with Crippen molar-refractivity contribution in [3.63, 3.8) is 0 Å². The first kappa shape index (κ1) is 21.5. The van der Waals surface area contributed by atoms with Crippen molar-refractivity contribution >= 4 is 11.6 Å². The molecular weight excluding hydrogens is 390 g/mol. The molecule has 2 aromatic rings. The largest absolute Gasteiger partial charge is 0.493 e. The smallest absolute Gasteiger partial charge is 0.161 e. The number of ether oxygens (including phenoxy) is 2. The lowest BCUT2D eigenvalue weighted by atomic mass is 9.77. The number of aromatic nitrogens is 2. The van der Waals surface area contributed by atoms with Gasteiger partial charge in [0.2, 0.25) is 0 Å². The molecule has 0 saturated carbocycles. The molecule has 0 amide bonds. The van der Waals surface area contributed by atoms with E-state index >= 15 is 0 Å². The fraction of sp³-hybridized carbons (Fsp3) is 0.520. The van der Waals surface area contributed by atoms with E-state index in [2.05, 4.69) is 51.5 Å². The zero-order valence-corrected chi connectivity index (χ0v) is 19.8. The van der Waals surface area contributed by atoms with E-state index in [0.29, 0.717) is 17.9 Å². The van der Waals surface area contributed by atoms with Gasteiger partial charge in [0.1, 0.15) is 5.82 Å². The summed E-state index contributed by atoms with van der Waals surface area (Å²) < 4.78 is 13.1. The van der Waals surface area contributed by atoms with Crippen molar-refractivity contribution in [2.45, 2.75) is 71.3 Å². The lowest BCUT2D eigenvalue weighted by Gasteiger charge is -2.31. The molecule has 1 N–H and O–H groups in total. The average Bonchev–Trinajstić information content (AvgIpc) is 3.26. The summed E-state index contributed by atoms with van der Waals surface area (Å²) in [7, 11) is 3.27. The quantitative estimate of drug-likeness (QED) is 0.742. The third kappa shape index (κ3) is 3.42. The fourth-order valence-corrected chi connectivity index (χ4v) is 4.66. The summed E-state index contributed by atoms with van der Waals surface area (Å²) in [6.45, 7) is 13.0. The SMILES string of the molecule is COc1ccc(C2C3=C(CCC3=O)Nc3c2c(C(C)(C)C)nn3C(C)(C)C)cc1OC. The Bertz CT molecular complexity index is 1080. The number of carbonyl (C=O) groups excluding carboxylic acids is 1. The van der Waals surface area contributed by atoms with Gasteiger partial charge in [-0.05, 0) is 44.9 Å². The molecule has 0 radical (unpaired) electrons. The van der Waals surface area contributed by atoms with Crippen LogP contribution < -0.4 is 14.8 Å². The number of anilines is 1. The Morgan fingerprint density at radius 1 is 1.03 bits per heavy atom. The highest BCUT2D eigenvalue weighted by atomic mass is 16.5. The van der Waals surface area contributed by atoms with Gasteiger partial charge in [0.05, 0.1) is 25.5 Å². The number of nitrogens with zero attached hydrogens (tertiary/aromatic N) is 2. The molecule has 6 nitrogen and oxygen atoms in total. The number of ketones is 1. The Labute approximate surface area is 184 Å². The molecule has 0 bridgehead atoms. The topological polar surface area (TPSA) is 65.4 Å². The number of hydrogen-bond donors (Lipinski definition) is 1. The van der Waals surface area contributed by atoms with Crippen molar-refractivity contribution in [1.29, 1.82) is 0 Å². The van der Waals surface area contributed by atoms with E-state index in [1.807, 2.05) is 18.2 Å². The molecule has 1 unspecified atom stereocenters. The minimum Gasteiger partial charge on any atom is -0.493 e. The number of fused-ring (bicyclic) bond motifs is 1. The number of benzene rings is 1. The van der Waals surface area contributed by atoms with E-state index in [1.54, 1.807) is 14.2 Å². The van der Waals surface area contributed by atoms with Crippen molar-refractivity contribution in [2.75, 3.05) is 19.5 Å². The van der Waals surface area contributed by atoms with Crippen LogP contribution in [-0.2, 0) is 15.7 Å². The molecule has 166 valence electrons. The van der Waals surface area contributed by atoms with Crippen molar-refractivity contribution in [3.05, 3.63) is 46.3 Å². The predicted molar refractivity (Wildman–Crippen MR) is 122 cm³/mol. The first-order valence-corrected chi connectivity index (χ1v) is 10.9. The number of methoxy groups -OCH3 is 2. The van der Waals surface area contributed by atoms with E-state index in [4.69, 9.17) is 14.6 Å². The van der Waals surface area contributed by atoms with Gasteiger partial charge in [-0.1, -0.05) is 26.8 Å². The number of hydrogen-bond acceptors (Lipinski definition) is 5. The second-order valence-electron chi connectivity index (χ2n) is 10.4. The lowest BCUT2D eigenvalue weighted by molar-refractivity contribution is -0.115. The predicted octanol–water partition coefficient (Wildman–Crippen LogP) is 5.13. The highest BCUT2D eigenvalue weighted by Gasteiger charge is 2.43. The summed E-state index contributed by atoms with van der Waals surface area (Å²) in [5.41, 5.74) is 4.60. The zero-order chi connectivity index (χ0) is 22.7. The average molecular weight is 424 g/mol. The number of rotatable bonds is 3. The molecule has 1 aliphatic heterocycles. The summed E-state index contributed by atoms with van der Waals surface area (Å²) >= 11 is 0. The van der Waals surface area contributed by atoms with Crippen LogP contribution in [0.25, 0.3) is 0 Å². The Balaban J connectivity index is 2.04. The monoisotopic (exact) mass is 423 g/mol. The van der Waals surface area contributed by atoms with Crippen LogP contribution in [0.15, 0.2) is 29.5 Å². The third-order valence-corrected chi connectivity index (χ3v) is 6.08. The third-order valence-electron chi connectivity index (χ3n) is 6.08. The minimum absolute atomic E-state index is 0.184. The van der Waals surface area contributed by atoms with Crippen LogP contribution >= 0.6 is 0 Å². The van der Waals surface area contributed by atoms with E-state index < -0.39 is 0 Å². The summed E-state index contributed by atoms with van der Waals surface area (Å²) in [4.78, 5) is 13.1. The van der Waals surface area contributed by atoms with Gasteiger partial charge in [-0.3, -0.25) is 4.79 Å². The van der Waals surface area contributed by atoms with Crippen molar-refractivity contribution in [2.24, 2.45) is 0 Å². The van der Waals surface area contributed by atoms with Gasteiger partial charge in [-0.15, -0.1) is 0 Å². The maximum Gasteiger partial charge on any atom is 0.161 e. The van der Waals surface area contributed by atoms with Gasteiger partial charge in [0, 0.05) is 34.6 Å². The van der Waals surface area contributed by atoms with Gasteiger partial charge in [0.25, 0.3) is 0 Å². The molecule has 1 aromatic carbocycles. The Hall–Kier alpha value is -2.76. The fourth-order valence-electron chi connectivity index (χ4n) is 4.66. The molecule has 0 saturated heterocycles. The van der Waals surface area contributed by atoms with Crippen molar-refractivity contribution in [1.82, 2.24) is 9.78 Å². The van der Waals surface area contributed by atoms with Gasteiger partial charge in [-0.25, -0.2) is 4.68 Å². The summed E-state index contributed by atoms with van der Waals surface area (Å²) in [5, 5.41) is 8.71. The van der Waals surface area contributed by atoms with Crippen LogP contribution in [0.4, 0.5) is 5.82 Å². The van der Waals surface area contributed by atoms with Crippen molar-refractivity contribution in [3.8, 4) is 11.5 Å². The first-order chi connectivity index (χ1) is 14.5. The van der Waals surface area contributed by atoms with E-state index in [9.17, 15) is 4.79 Å². The molecule has 0 spiro atoms. The molecule has 0 fully saturated rings. The molecule has 1 aromatic heterocycles. The molecule has 4 rings (SSSR count). The lowest BCUT2D eigenvalue weighted by Crippen LogP contribution is -2.27. The van der Waals surface area contributed by atoms with Gasteiger partial charge in [-0.2, -0.15) is 5.10 Å². The van der Waals surface area contributed by atoms with E-state index in [1.165, 1.54) is 0 Å². The zero-order valence-electron chi connectivity index (χ0n) is 19.8. The van der Waals surface area contributed by atoms with Crippen LogP contribution in [0.1, 0.15) is 77.1 Å². The van der Waals surface area contributed by atoms with Crippen molar-refractivity contribution < 1.29 is 14.3 Å². The first-order valence-electron chi connectivity index (χ1n) is 10.9.